The van der Waals surface area contributed by atoms with Gasteiger partial charge in [-0.3, -0.25) is 14.5 Å². The summed E-state index contributed by atoms with van der Waals surface area (Å²) in [5.74, 6) is 0.0262. The van der Waals surface area contributed by atoms with E-state index < -0.39 is 17.5 Å². The zero-order valence-corrected chi connectivity index (χ0v) is 18.2. The predicted molar refractivity (Wildman–Crippen MR) is 112 cm³/mol. The van der Waals surface area contributed by atoms with Crippen molar-refractivity contribution in [3.63, 3.8) is 0 Å². The Morgan fingerprint density at radius 3 is 2.28 bits per heavy atom. The molecule has 0 spiro atoms. The Hall–Kier alpha value is -2.37. The Balaban J connectivity index is 1.67. The normalized spacial score (nSPS) is 27.7. The van der Waals surface area contributed by atoms with Gasteiger partial charge in [0.15, 0.2) is 0 Å². The molecule has 29 heavy (non-hydrogen) atoms. The highest BCUT2D eigenvalue weighted by atomic mass is 16.2. The Labute approximate surface area is 173 Å². The van der Waals surface area contributed by atoms with Crippen molar-refractivity contribution >= 4 is 17.8 Å². The van der Waals surface area contributed by atoms with Crippen LogP contribution in [0.2, 0.25) is 0 Å². The molecule has 2 aliphatic rings. The minimum absolute atomic E-state index is 0.00338. The lowest BCUT2D eigenvalue weighted by Crippen LogP contribution is -2.46. The van der Waals surface area contributed by atoms with Crippen molar-refractivity contribution in [1.82, 2.24) is 15.5 Å². The molecule has 6 nitrogen and oxygen atoms in total. The van der Waals surface area contributed by atoms with Crippen LogP contribution in [0.1, 0.15) is 71.4 Å². The summed E-state index contributed by atoms with van der Waals surface area (Å²) in [6, 6.07) is 7.34. The van der Waals surface area contributed by atoms with E-state index in [2.05, 4.69) is 38.3 Å². The second kappa shape index (κ2) is 7.81. The van der Waals surface area contributed by atoms with E-state index in [1.165, 1.54) is 0 Å². The molecule has 1 aromatic carbocycles. The minimum Gasteiger partial charge on any atom is -0.352 e. The van der Waals surface area contributed by atoms with E-state index in [-0.39, 0.29) is 23.9 Å². The van der Waals surface area contributed by atoms with Crippen molar-refractivity contribution in [2.45, 2.75) is 77.3 Å². The number of hydrogen-bond acceptors (Lipinski definition) is 3. The number of rotatable bonds is 4. The first-order valence-electron chi connectivity index (χ1n) is 10.5. The van der Waals surface area contributed by atoms with Crippen LogP contribution in [0.3, 0.4) is 0 Å². The van der Waals surface area contributed by atoms with E-state index in [0.29, 0.717) is 11.5 Å². The summed E-state index contributed by atoms with van der Waals surface area (Å²) in [6.07, 6.45) is 4.09. The summed E-state index contributed by atoms with van der Waals surface area (Å²) in [5.41, 5.74) is 0.713. The van der Waals surface area contributed by atoms with Gasteiger partial charge < -0.3 is 10.6 Å². The number of benzene rings is 1. The fourth-order valence-electron chi connectivity index (χ4n) is 4.16. The van der Waals surface area contributed by atoms with E-state index in [1.54, 1.807) is 6.92 Å². The summed E-state index contributed by atoms with van der Waals surface area (Å²) in [6.45, 7) is 10.0. The average molecular weight is 400 g/mol. The average Bonchev–Trinajstić information content (AvgIpc) is 2.87. The van der Waals surface area contributed by atoms with Gasteiger partial charge in [-0.2, -0.15) is 0 Å². The highest BCUT2D eigenvalue weighted by molar-refractivity contribution is 6.09. The van der Waals surface area contributed by atoms with Crippen LogP contribution in [-0.2, 0) is 20.5 Å². The van der Waals surface area contributed by atoms with Crippen molar-refractivity contribution in [3.8, 4) is 0 Å². The van der Waals surface area contributed by atoms with Gasteiger partial charge in [-0.25, -0.2) is 4.79 Å². The molecule has 1 saturated heterocycles. The van der Waals surface area contributed by atoms with Crippen LogP contribution in [0.25, 0.3) is 0 Å². The molecule has 0 bridgehead atoms. The standard InChI is InChI=1S/C23H33N3O3/c1-15-6-12-18(13-7-15)24-19(27)14-26-20(28)23(5,25-21(26)29)17-10-8-16(9-11-17)22(2,3)4/h8-11,15,18H,6-7,12-14H2,1-5H3,(H,24,27)(H,25,29). The molecule has 1 heterocycles. The van der Waals surface area contributed by atoms with Crippen LogP contribution in [0.15, 0.2) is 24.3 Å². The SMILES string of the molecule is CC1CCC(NC(=O)CN2C(=O)NC(C)(c3ccc(C(C)(C)C)cc3)C2=O)CC1. The maximum absolute atomic E-state index is 13.1. The molecule has 2 N–H and O–H groups in total. The van der Waals surface area contributed by atoms with E-state index in [0.717, 1.165) is 36.1 Å². The summed E-state index contributed by atoms with van der Waals surface area (Å²) in [7, 11) is 0. The fourth-order valence-corrected chi connectivity index (χ4v) is 4.16. The number of urea groups is 1. The van der Waals surface area contributed by atoms with Crippen LogP contribution in [0.5, 0.6) is 0 Å². The Bertz CT molecular complexity index is 789. The van der Waals surface area contributed by atoms with Crippen molar-refractivity contribution in [1.29, 1.82) is 0 Å². The number of hydrogen-bond donors (Lipinski definition) is 2. The number of nitrogens with zero attached hydrogens (tertiary/aromatic N) is 1. The lowest BCUT2D eigenvalue weighted by atomic mass is 9.84. The van der Waals surface area contributed by atoms with Crippen LogP contribution < -0.4 is 10.6 Å². The third-order valence-electron chi connectivity index (χ3n) is 6.29. The van der Waals surface area contributed by atoms with Gasteiger partial charge in [0.05, 0.1) is 0 Å². The van der Waals surface area contributed by atoms with Gasteiger partial charge in [0.1, 0.15) is 12.1 Å². The molecule has 1 atom stereocenters. The predicted octanol–water partition coefficient (Wildman–Crippen LogP) is 3.45. The number of carbonyl (C=O) groups excluding carboxylic acids is 3. The van der Waals surface area contributed by atoms with Gasteiger partial charge in [0.25, 0.3) is 5.91 Å². The topological polar surface area (TPSA) is 78.5 Å². The highest BCUT2D eigenvalue weighted by Gasteiger charge is 2.49. The number of amides is 4. The van der Waals surface area contributed by atoms with Gasteiger partial charge in [0.2, 0.25) is 5.91 Å². The third kappa shape index (κ3) is 4.46. The van der Waals surface area contributed by atoms with Crippen molar-refractivity contribution in [2.24, 2.45) is 5.92 Å². The first kappa shape index (κ1) is 21.3. The van der Waals surface area contributed by atoms with Crippen LogP contribution in [0, 0.1) is 5.92 Å². The third-order valence-corrected chi connectivity index (χ3v) is 6.29. The van der Waals surface area contributed by atoms with Gasteiger partial charge >= 0.3 is 6.03 Å². The number of carbonyl (C=O) groups is 3. The molecular weight excluding hydrogens is 366 g/mol. The molecule has 3 rings (SSSR count). The Morgan fingerprint density at radius 1 is 1.14 bits per heavy atom. The molecule has 1 aromatic rings. The maximum atomic E-state index is 13.1. The number of nitrogens with one attached hydrogen (secondary N) is 2. The molecule has 1 saturated carbocycles. The van der Waals surface area contributed by atoms with E-state index >= 15 is 0 Å². The maximum Gasteiger partial charge on any atom is 0.325 e. The van der Waals surface area contributed by atoms with Gasteiger partial charge in [-0.05, 0) is 55.1 Å². The number of imide groups is 1. The summed E-state index contributed by atoms with van der Waals surface area (Å²) >= 11 is 0. The fraction of sp³-hybridized carbons (Fsp3) is 0.609. The molecule has 1 aliphatic heterocycles. The molecule has 0 radical (unpaired) electrons. The molecular formula is C23H33N3O3. The quantitative estimate of drug-likeness (QED) is 0.761. The summed E-state index contributed by atoms with van der Waals surface area (Å²) < 4.78 is 0. The van der Waals surface area contributed by atoms with Crippen LogP contribution in [-0.4, -0.2) is 35.3 Å². The van der Waals surface area contributed by atoms with Gasteiger partial charge in [-0.15, -0.1) is 0 Å². The smallest absolute Gasteiger partial charge is 0.325 e. The molecule has 2 fully saturated rings. The van der Waals surface area contributed by atoms with Crippen LogP contribution in [0.4, 0.5) is 4.79 Å². The molecule has 158 valence electrons. The Kier molecular flexibility index (Phi) is 5.74. The van der Waals surface area contributed by atoms with E-state index in [4.69, 9.17) is 0 Å². The molecule has 1 unspecified atom stereocenters. The van der Waals surface area contributed by atoms with Crippen LogP contribution >= 0.6 is 0 Å². The molecule has 4 amide bonds. The monoisotopic (exact) mass is 399 g/mol. The first-order valence-corrected chi connectivity index (χ1v) is 10.5. The van der Waals surface area contributed by atoms with E-state index in [1.807, 2.05) is 24.3 Å². The van der Waals surface area contributed by atoms with Gasteiger partial charge in [0, 0.05) is 6.04 Å². The van der Waals surface area contributed by atoms with E-state index in [9.17, 15) is 14.4 Å². The van der Waals surface area contributed by atoms with Gasteiger partial charge in [-0.1, -0.05) is 52.0 Å². The summed E-state index contributed by atoms with van der Waals surface area (Å²) in [5, 5.41) is 5.76. The van der Waals surface area contributed by atoms with Crippen molar-refractivity contribution in [2.75, 3.05) is 6.54 Å². The lowest BCUT2D eigenvalue weighted by molar-refractivity contribution is -0.135. The summed E-state index contributed by atoms with van der Waals surface area (Å²) in [4.78, 5) is 39.0. The Morgan fingerprint density at radius 2 is 1.72 bits per heavy atom. The molecule has 1 aliphatic carbocycles. The zero-order chi connectivity index (χ0) is 21.4. The molecule has 0 aromatic heterocycles. The van der Waals surface area contributed by atoms with Crippen molar-refractivity contribution in [3.05, 3.63) is 35.4 Å². The largest absolute Gasteiger partial charge is 0.352 e. The zero-order valence-electron chi connectivity index (χ0n) is 18.2. The van der Waals surface area contributed by atoms with Crippen molar-refractivity contribution < 1.29 is 14.4 Å². The first-order chi connectivity index (χ1) is 13.5. The lowest BCUT2D eigenvalue weighted by Gasteiger charge is -2.27. The second-order valence-corrected chi connectivity index (χ2v) is 9.80. The minimum atomic E-state index is -1.16. The molecule has 6 heteroatoms. The second-order valence-electron chi connectivity index (χ2n) is 9.80. The highest BCUT2D eigenvalue weighted by Crippen LogP contribution is 2.31.